The van der Waals surface area contributed by atoms with E-state index in [4.69, 9.17) is 16.7 Å². The number of nitrogens with one attached hydrogen (secondary N) is 3. The van der Waals surface area contributed by atoms with Gasteiger partial charge in [0.05, 0.1) is 16.6 Å². The van der Waals surface area contributed by atoms with Crippen molar-refractivity contribution >= 4 is 29.5 Å². The first-order valence-corrected chi connectivity index (χ1v) is 14.6. The Morgan fingerprint density at radius 3 is 2.41 bits per heavy atom. The van der Waals surface area contributed by atoms with Crippen molar-refractivity contribution in [1.29, 1.82) is 0 Å². The Labute approximate surface area is 265 Å². The number of carboxylic acids is 1. The predicted molar refractivity (Wildman–Crippen MR) is 156 cm³/mol. The number of aromatic nitrogens is 1. The summed E-state index contributed by atoms with van der Waals surface area (Å²) in [7, 11) is 0. The Balaban J connectivity index is 1.79. The van der Waals surface area contributed by atoms with Crippen LogP contribution in [0.15, 0.2) is 66.9 Å². The number of benzene rings is 2. The van der Waals surface area contributed by atoms with Crippen molar-refractivity contribution in [3.8, 4) is 5.75 Å². The van der Waals surface area contributed by atoms with Crippen LogP contribution < -0.4 is 20.7 Å². The number of hydrogen-bond donors (Lipinski definition) is 4. The molecule has 1 fully saturated rings. The molecular formula is C31H30ClF5N4O5. The maximum atomic E-state index is 15.1. The monoisotopic (exact) mass is 668 g/mol. The number of amides is 3. The van der Waals surface area contributed by atoms with Crippen molar-refractivity contribution in [2.45, 2.75) is 56.2 Å². The third-order valence-electron chi connectivity index (χ3n) is 7.51. The fraction of sp³-hybridized carbons (Fsp3) is 0.355. The molecule has 1 heterocycles. The van der Waals surface area contributed by atoms with E-state index in [9.17, 15) is 31.9 Å². The highest BCUT2D eigenvalue weighted by Crippen LogP contribution is 2.37. The average molecular weight is 669 g/mol. The third-order valence-corrected chi connectivity index (χ3v) is 7.73. The lowest BCUT2D eigenvalue weighted by molar-refractivity contribution is -0.253. The summed E-state index contributed by atoms with van der Waals surface area (Å²) in [6.07, 6.45) is -5.99. The van der Waals surface area contributed by atoms with E-state index in [1.165, 1.54) is 18.3 Å². The molecule has 1 aliphatic carbocycles. The number of urea groups is 1. The van der Waals surface area contributed by atoms with E-state index in [1.807, 2.05) is 0 Å². The number of aliphatic carboxylic acids is 1. The van der Waals surface area contributed by atoms with Crippen LogP contribution in [-0.4, -0.2) is 53.1 Å². The Morgan fingerprint density at radius 2 is 1.76 bits per heavy atom. The second-order valence-electron chi connectivity index (χ2n) is 10.8. The molecule has 1 aromatic heterocycles. The van der Waals surface area contributed by atoms with Gasteiger partial charge >= 0.3 is 24.5 Å². The van der Waals surface area contributed by atoms with Crippen molar-refractivity contribution in [1.82, 2.24) is 20.9 Å². The van der Waals surface area contributed by atoms with E-state index in [0.29, 0.717) is 37.3 Å². The van der Waals surface area contributed by atoms with Crippen LogP contribution >= 0.6 is 11.6 Å². The van der Waals surface area contributed by atoms with Gasteiger partial charge in [-0.25, -0.2) is 9.18 Å². The molecule has 46 heavy (non-hydrogen) atoms. The maximum Gasteiger partial charge on any atom is 0.461 e. The predicted octanol–water partition coefficient (Wildman–Crippen LogP) is 5.66. The van der Waals surface area contributed by atoms with Gasteiger partial charge in [0.25, 0.3) is 0 Å². The SMILES string of the molecule is O=C(O)CNC(=O)[C@H]1CCCC[C@H]1NC(=O)N[C@@](Cc1ccccc1)(c1cc(F)cc(OC(F)(F)C(F)F)c1)c1ccc(Cl)cn1. The van der Waals surface area contributed by atoms with E-state index in [0.717, 1.165) is 12.1 Å². The highest BCUT2D eigenvalue weighted by molar-refractivity contribution is 6.30. The van der Waals surface area contributed by atoms with Crippen molar-refractivity contribution in [2.75, 3.05) is 6.54 Å². The molecular weight excluding hydrogens is 639 g/mol. The minimum Gasteiger partial charge on any atom is -0.480 e. The normalized spacial score (nSPS) is 17.9. The first-order valence-electron chi connectivity index (χ1n) is 14.2. The molecule has 0 radical (unpaired) electrons. The van der Waals surface area contributed by atoms with Crippen LogP contribution in [0.3, 0.4) is 0 Å². The van der Waals surface area contributed by atoms with E-state index >= 15 is 4.39 Å². The summed E-state index contributed by atoms with van der Waals surface area (Å²) in [6.45, 7) is -0.606. The molecule has 3 aromatic rings. The molecule has 1 saturated carbocycles. The lowest BCUT2D eigenvalue weighted by atomic mass is 9.80. The molecule has 0 unspecified atom stereocenters. The van der Waals surface area contributed by atoms with Crippen LogP contribution in [0.5, 0.6) is 5.75 Å². The van der Waals surface area contributed by atoms with E-state index in [2.05, 4.69) is 25.7 Å². The Kier molecular flexibility index (Phi) is 11.0. The molecule has 0 aliphatic heterocycles. The number of halogens is 6. The van der Waals surface area contributed by atoms with Crippen molar-refractivity contribution in [3.63, 3.8) is 0 Å². The molecule has 1 aliphatic rings. The van der Waals surface area contributed by atoms with Gasteiger partial charge in [-0.15, -0.1) is 0 Å². The molecule has 15 heteroatoms. The summed E-state index contributed by atoms with van der Waals surface area (Å²) < 4.78 is 73.1. The zero-order valence-corrected chi connectivity index (χ0v) is 24.9. The minimum atomic E-state index is -4.95. The van der Waals surface area contributed by atoms with Crippen LogP contribution in [0.4, 0.5) is 26.7 Å². The highest BCUT2D eigenvalue weighted by Gasteiger charge is 2.45. The molecule has 2 aromatic carbocycles. The van der Waals surface area contributed by atoms with Gasteiger partial charge in [0.1, 0.15) is 23.7 Å². The number of alkyl halides is 4. The van der Waals surface area contributed by atoms with Crippen molar-refractivity contribution < 1.29 is 46.2 Å². The third kappa shape index (κ3) is 8.62. The van der Waals surface area contributed by atoms with Crippen LogP contribution in [0.25, 0.3) is 0 Å². The highest BCUT2D eigenvalue weighted by atomic mass is 35.5. The number of pyridine rings is 1. The van der Waals surface area contributed by atoms with Gasteiger partial charge in [-0.1, -0.05) is 54.8 Å². The standard InChI is InChI=1S/C31H30ClF5N4O5/c32-20-10-11-25(38-16-20)30(15-18-6-2-1-3-7-18,19-12-21(33)14-22(13-19)46-31(36,37)28(34)35)41-29(45)40-24-9-5-4-8-23(24)27(44)39-17-26(42)43/h1-3,6-7,10-14,16,23-24,28H,4-5,8-9,15,17H2,(H,39,44)(H,42,43)(H2,40,41,45)/t23-,24+,30-/m0/s1. The molecule has 3 atom stereocenters. The van der Waals surface area contributed by atoms with E-state index in [-0.39, 0.29) is 22.7 Å². The molecule has 0 saturated heterocycles. The summed E-state index contributed by atoms with van der Waals surface area (Å²) in [4.78, 5) is 41.9. The second kappa shape index (κ2) is 14.8. The van der Waals surface area contributed by atoms with Gasteiger partial charge in [-0.2, -0.15) is 17.6 Å². The number of carboxylic acid groups (broad SMARTS) is 1. The summed E-state index contributed by atoms with van der Waals surface area (Å²) in [6, 6.07) is 12.1. The van der Waals surface area contributed by atoms with Gasteiger partial charge in [0.15, 0.2) is 0 Å². The second-order valence-corrected chi connectivity index (χ2v) is 11.2. The number of rotatable bonds is 12. The molecule has 3 amide bonds. The number of hydrogen-bond acceptors (Lipinski definition) is 5. The van der Waals surface area contributed by atoms with Crippen LogP contribution in [-0.2, 0) is 21.5 Å². The van der Waals surface area contributed by atoms with Gasteiger partial charge in [0.2, 0.25) is 5.91 Å². The molecule has 0 spiro atoms. The number of ether oxygens (including phenoxy) is 1. The topological polar surface area (TPSA) is 130 Å². The van der Waals surface area contributed by atoms with Gasteiger partial charge in [-0.3, -0.25) is 14.6 Å². The van der Waals surface area contributed by atoms with Crippen molar-refractivity contribution in [3.05, 3.63) is 94.5 Å². The van der Waals surface area contributed by atoms with Crippen molar-refractivity contribution in [2.24, 2.45) is 5.92 Å². The summed E-state index contributed by atoms with van der Waals surface area (Å²) in [5.41, 5.74) is -1.37. The zero-order valence-electron chi connectivity index (χ0n) is 24.1. The Hall–Kier alpha value is -4.46. The van der Waals surface area contributed by atoms with Gasteiger partial charge < -0.3 is 25.8 Å². The number of carbonyl (C=O) groups excluding carboxylic acids is 2. The first kappa shape index (κ1) is 34.4. The van der Waals surface area contributed by atoms with Crippen LogP contribution in [0.1, 0.15) is 42.5 Å². The molecule has 246 valence electrons. The van der Waals surface area contributed by atoms with E-state index < -0.39 is 66.1 Å². The van der Waals surface area contributed by atoms with Crippen LogP contribution in [0.2, 0.25) is 5.02 Å². The first-order chi connectivity index (χ1) is 21.8. The molecule has 4 rings (SSSR count). The number of carbonyl (C=O) groups is 3. The summed E-state index contributed by atoms with van der Waals surface area (Å²) in [5.74, 6) is -4.63. The van der Waals surface area contributed by atoms with Gasteiger partial charge in [0, 0.05) is 24.7 Å². The lowest BCUT2D eigenvalue weighted by Gasteiger charge is -2.37. The molecule has 0 bridgehead atoms. The minimum absolute atomic E-state index is 0.0764. The quantitative estimate of drug-likeness (QED) is 0.185. The Morgan fingerprint density at radius 1 is 1.04 bits per heavy atom. The number of nitrogens with zero attached hydrogens (tertiary/aromatic N) is 1. The molecule has 9 nitrogen and oxygen atoms in total. The largest absolute Gasteiger partial charge is 0.480 e. The zero-order chi connectivity index (χ0) is 33.5. The Bertz CT molecular complexity index is 1530. The lowest BCUT2D eigenvalue weighted by Crippen LogP contribution is -2.57. The summed E-state index contributed by atoms with van der Waals surface area (Å²) >= 11 is 6.07. The summed E-state index contributed by atoms with van der Waals surface area (Å²) in [5, 5.41) is 17.0. The fourth-order valence-electron chi connectivity index (χ4n) is 5.43. The van der Waals surface area contributed by atoms with E-state index in [1.54, 1.807) is 30.3 Å². The smallest absolute Gasteiger partial charge is 0.461 e. The maximum absolute atomic E-state index is 15.1. The fourth-order valence-corrected chi connectivity index (χ4v) is 5.54. The van der Waals surface area contributed by atoms with Crippen LogP contribution in [0, 0.1) is 11.7 Å². The van der Waals surface area contributed by atoms with Gasteiger partial charge in [-0.05, 0) is 48.2 Å². The average Bonchev–Trinajstić information content (AvgIpc) is 3.00. The molecule has 4 N–H and O–H groups in total.